The maximum atomic E-state index is 12.8. The molecule has 0 saturated carbocycles. The molecule has 354 valence electrons. The largest absolute Gasteiger partial charge is 0.544 e. The molecule has 0 aliphatic rings. The second-order valence-corrected chi connectivity index (χ2v) is 18.0. The molecular formula is C53H95NO7. The fourth-order valence-corrected chi connectivity index (χ4v) is 7.26. The van der Waals surface area contributed by atoms with E-state index in [0.717, 1.165) is 38.5 Å². The van der Waals surface area contributed by atoms with Gasteiger partial charge in [0.1, 0.15) is 12.6 Å². The zero-order valence-corrected chi connectivity index (χ0v) is 40.3. The van der Waals surface area contributed by atoms with Crippen molar-refractivity contribution < 1.29 is 38.2 Å². The normalized spacial score (nSPS) is 13.3. The molecule has 0 radical (unpaired) electrons. The fraction of sp³-hybridized carbons (Fsp3) is 0.792. The van der Waals surface area contributed by atoms with E-state index in [-0.39, 0.29) is 49.1 Å². The monoisotopic (exact) mass is 858 g/mol. The third kappa shape index (κ3) is 42.4. The number of carbonyl (C=O) groups is 3. The second kappa shape index (κ2) is 43.9. The summed E-state index contributed by atoms with van der Waals surface area (Å²) in [5.74, 6) is -1.80. The minimum Gasteiger partial charge on any atom is -0.544 e. The van der Waals surface area contributed by atoms with E-state index in [4.69, 9.17) is 14.2 Å². The van der Waals surface area contributed by atoms with Crippen LogP contribution < -0.4 is 5.11 Å². The lowest BCUT2D eigenvalue weighted by molar-refractivity contribution is -0.889. The molecule has 0 saturated heterocycles. The number of hydrogen-bond acceptors (Lipinski definition) is 7. The summed E-state index contributed by atoms with van der Waals surface area (Å²) in [6.45, 7) is 4.61. The van der Waals surface area contributed by atoms with Crippen molar-refractivity contribution in [3.05, 3.63) is 48.6 Å². The predicted octanol–water partition coefficient (Wildman–Crippen LogP) is 13.0. The molecule has 0 amide bonds. The van der Waals surface area contributed by atoms with Crippen LogP contribution in [0.2, 0.25) is 0 Å². The first-order valence-corrected chi connectivity index (χ1v) is 25.2. The van der Waals surface area contributed by atoms with Crippen molar-refractivity contribution in [2.45, 2.75) is 231 Å². The zero-order chi connectivity index (χ0) is 44.9. The number of likely N-dealkylation sites (N-methyl/N-ethyl adjacent to an activating group) is 1. The van der Waals surface area contributed by atoms with E-state index in [1.165, 1.54) is 141 Å². The molecule has 0 heterocycles. The van der Waals surface area contributed by atoms with Crippen LogP contribution in [0.3, 0.4) is 0 Å². The minimum atomic E-state index is -1.13. The van der Waals surface area contributed by atoms with Gasteiger partial charge in [0.25, 0.3) is 0 Å². The summed E-state index contributed by atoms with van der Waals surface area (Å²) in [5.41, 5.74) is 0. The first-order chi connectivity index (χ1) is 29.6. The smallest absolute Gasteiger partial charge is 0.306 e. The lowest BCUT2D eigenvalue weighted by atomic mass is 10.1. The lowest BCUT2D eigenvalue weighted by Gasteiger charge is -2.34. The van der Waals surface area contributed by atoms with Gasteiger partial charge in [-0.15, -0.1) is 0 Å². The van der Waals surface area contributed by atoms with Gasteiger partial charge >= 0.3 is 11.9 Å². The number of carboxylic acid groups (broad SMARTS) is 1. The van der Waals surface area contributed by atoms with Crippen LogP contribution in [0, 0.1) is 0 Å². The van der Waals surface area contributed by atoms with Crippen LogP contribution in [0.1, 0.15) is 219 Å². The molecule has 0 spiro atoms. The van der Waals surface area contributed by atoms with E-state index in [0.29, 0.717) is 12.8 Å². The predicted molar refractivity (Wildman–Crippen MR) is 254 cm³/mol. The number of ether oxygens (including phenoxy) is 3. The summed E-state index contributed by atoms with van der Waals surface area (Å²) >= 11 is 0. The van der Waals surface area contributed by atoms with Crippen LogP contribution in [0.4, 0.5) is 0 Å². The van der Waals surface area contributed by atoms with Crippen LogP contribution in [0.5, 0.6) is 0 Å². The Morgan fingerprint density at radius 2 is 0.885 bits per heavy atom. The molecule has 8 nitrogen and oxygen atoms in total. The Morgan fingerprint density at radius 3 is 1.34 bits per heavy atom. The van der Waals surface area contributed by atoms with Crippen molar-refractivity contribution in [3.8, 4) is 0 Å². The fourth-order valence-electron chi connectivity index (χ4n) is 7.26. The highest BCUT2D eigenvalue weighted by atomic mass is 16.6. The van der Waals surface area contributed by atoms with Crippen molar-refractivity contribution in [3.63, 3.8) is 0 Å². The number of rotatable bonds is 45. The maximum absolute atomic E-state index is 12.8. The van der Waals surface area contributed by atoms with Gasteiger partial charge < -0.3 is 28.6 Å². The van der Waals surface area contributed by atoms with Gasteiger partial charge in [-0.05, 0) is 70.6 Å². The van der Waals surface area contributed by atoms with Crippen LogP contribution in [-0.4, -0.2) is 75.5 Å². The highest BCUT2D eigenvalue weighted by Gasteiger charge is 2.25. The van der Waals surface area contributed by atoms with Crippen molar-refractivity contribution in [1.82, 2.24) is 0 Å². The first kappa shape index (κ1) is 58.3. The van der Waals surface area contributed by atoms with E-state index in [2.05, 4.69) is 62.5 Å². The summed E-state index contributed by atoms with van der Waals surface area (Å²) in [7, 11) is 5.40. The quantitative estimate of drug-likeness (QED) is 0.0260. The van der Waals surface area contributed by atoms with Crippen molar-refractivity contribution in [1.29, 1.82) is 0 Å². The summed E-state index contributed by atoms with van der Waals surface area (Å²) in [6, 6.07) is -0.735. The molecule has 8 heteroatoms. The van der Waals surface area contributed by atoms with Crippen molar-refractivity contribution in [2.24, 2.45) is 0 Å². The van der Waals surface area contributed by atoms with Gasteiger partial charge in [-0.3, -0.25) is 9.59 Å². The number of esters is 2. The highest BCUT2D eigenvalue weighted by Crippen LogP contribution is 2.14. The Kier molecular flexibility index (Phi) is 42.0. The number of carboxylic acids is 1. The molecule has 0 aromatic carbocycles. The Bertz CT molecular complexity index is 1140. The van der Waals surface area contributed by atoms with Gasteiger partial charge in [0.15, 0.2) is 6.10 Å². The number of hydrogen-bond donors (Lipinski definition) is 0. The number of aliphatic carboxylic acids is 1. The van der Waals surface area contributed by atoms with E-state index < -0.39 is 18.1 Å². The average molecular weight is 858 g/mol. The van der Waals surface area contributed by atoms with E-state index >= 15 is 0 Å². The van der Waals surface area contributed by atoms with Crippen molar-refractivity contribution in [2.75, 3.05) is 41.0 Å². The number of nitrogens with zero attached hydrogens (tertiary/aromatic N) is 1. The molecule has 0 aromatic rings. The molecule has 0 aromatic heterocycles. The third-order valence-electron chi connectivity index (χ3n) is 11.2. The van der Waals surface area contributed by atoms with E-state index in [9.17, 15) is 19.5 Å². The third-order valence-corrected chi connectivity index (χ3v) is 11.2. The second-order valence-electron chi connectivity index (χ2n) is 18.0. The molecule has 0 N–H and O–H groups in total. The van der Waals surface area contributed by atoms with Crippen LogP contribution in [0.15, 0.2) is 48.6 Å². The Hall–Kier alpha value is -2.71. The molecule has 2 atom stereocenters. The van der Waals surface area contributed by atoms with Gasteiger partial charge in [-0.2, -0.15) is 0 Å². The highest BCUT2D eigenvalue weighted by molar-refractivity contribution is 5.70. The standard InChI is InChI=1S/C53H95NO7/c1-6-8-10-12-14-16-18-20-22-24-25-26-28-30-32-34-36-38-40-42-44-52(56)61-49(47-59-46-45-50(53(57)58)54(3,4)5)48-60-51(55)43-41-39-37-35-33-31-29-27-23-21-19-17-15-13-11-9-7-2/h21,23,25-26,29,31,35,37,49-50H,6-20,22,24,27-28,30,32-34,36,38-48H2,1-5H3/b23-21+,26-25+,31-29+,37-35+. The van der Waals surface area contributed by atoms with Gasteiger partial charge in [-0.25, -0.2) is 0 Å². The number of quaternary nitrogens is 1. The summed E-state index contributed by atoms with van der Waals surface area (Å²) < 4.78 is 17.2. The molecule has 0 aliphatic carbocycles. The van der Waals surface area contributed by atoms with Crippen molar-refractivity contribution >= 4 is 17.9 Å². The Labute approximate surface area is 376 Å². The van der Waals surface area contributed by atoms with Gasteiger partial charge in [0.2, 0.25) is 0 Å². The molecular weight excluding hydrogens is 763 g/mol. The topological polar surface area (TPSA) is 102 Å². The number of unbranched alkanes of at least 4 members (excludes halogenated alkanes) is 23. The van der Waals surface area contributed by atoms with Crippen LogP contribution >= 0.6 is 0 Å². The Morgan fingerprint density at radius 1 is 0.492 bits per heavy atom. The molecule has 0 fully saturated rings. The van der Waals surface area contributed by atoms with Gasteiger partial charge in [0, 0.05) is 19.3 Å². The summed E-state index contributed by atoms with van der Waals surface area (Å²) in [5, 5.41) is 11.7. The first-order valence-electron chi connectivity index (χ1n) is 25.2. The average Bonchev–Trinajstić information content (AvgIpc) is 3.22. The molecule has 0 aliphatic heterocycles. The Balaban J connectivity index is 4.34. The maximum Gasteiger partial charge on any atom is 0.306 e. The van der Waals surface area contributed by atoms with E-state index in [1.807, 2.05) is 0 Å². The summed E-state index contributed by atoms with van der Waals surface area (Å²) in [6.07, 6.45) is 52.9. The SMILES string of the molecule is CCCCCCCC/C=C/C/C=C/C/C=C/CCCC(=O)OCC(COCCC(C(=O)[O-])[N+](C)(C)C)OC(=O)CCCCCCCCC/C=C/CCCCCCCCCCC. The van der Waals surface area contributed by atoms with Gasteiger partial charge in [0.05, 0.1) is 40.3 Å². The molecule has 61 heavy (non-hydrogen) atoms. The van der Waals surface area contributed by atoms with Gasteiger partial charge in [-0.1, -0.05) is 178 Å². The molecule has 2 unspecified atom stereocenters. The zero-order valence-electron chi connectivity index (χ0n) is 40.3. The number of carbonyl (C=O) groups excluding carboxylic acids is 3. The molecule has 0 rings (SSSR count). The lowest BCUT2D eigenvalue weighted by Crippen LogP contribution is -2.55. The van der Waals surface area contributed by atoms with Crippen LogP contribution in [-0.2, 0) is 28.6 Å². The molecule has 0 bridgehead atoms. The minimum absolute atomic E-state index is 0.0234. The van der Waals surface area contributed by atoms with Crippen LogP contribution in [0.25, 0.3) is 0 Å². The summed E-state index contributed by atoms with van der Waals surface area (Å²) in [4.78, 5) is 37.0. The van der Waals surface area contributed by atoms with E-state index in [1.54, 1.807) is 21.1 Å². The number of allylic oxidation sites excluding steroid dienone is 8.